The zero-order valence-electron chi connectivity index (χ0n) is 11.7. The van der Waals surface area contributed by atoms with Crippen LogP contribution in [0.2, 0.25) is 0 Å². The molecule has 1 aliphatic carbocycles. The Morgan fingerprint density at radius 1 is 1.28 bits per heavy atom. The van der Waals surface area contributed by atoms with Crippen LogP contribution in [0.15, 0.2) is 0 Å². The number of hydrogen-bond donors (Lipinski definition) is 0. The fraction of sp³-hybridized carbons (Fsp3) is 0.857. The smallest absolute Gasteiger partial charge is 0.410 e. The fourth-order valence-corrected chi connectivity index (χ4v) is 2.89. The van der Waals surface area contributed by atoms with Gasteiger partial charge < -0.3 is 9.64 Å². The third-order valence-corrected chi connectivity index (χ3v) is 3.78. The van der Waals surface area contributed by atoms with Crippen molar-refractivity contribution in [3.05, 3.63) is 0 Å². The maximum absolute atomic E-state index is 12.1. The molecule has 102 valence electrons. The number of Topliss-reactive ketones (excluding diaryl/α,β-unsaturated/α-hetero) is 1. The van der Waals surface area contributed by atoms with Crippen LogP contribution >= 0.6 is 0 Å². The van der Waals surface area contributed by atoms with E-state index < -0.39 is 5.60 Å². The van der Waals surface area contributed by atoms with Gasteiger partial charge in [0.05, 0.1) is 0 Å². The van der Waals surface area contributed by atoms with Gasteiger partial charge in [-0.3, -0.25) is 4.79 Å². The van der Waals surface area contributed by atoms with E-state index in [0.29, 0.717) is 5.92 Å². The second-order valence-electron chi connectivity index (χ2n) is 6.50. The van der Waals surface area contributed by atoms with Crippen molar-refractivity contribution < 1.29 is 14.3 Å². The zero-order valence-corrected chi connectivity index (χ0v) is 11.7. The highest BCUT2D eigenvalue weighted by atomic mass is 16.6. The largest absolute Gasteiger partial charge is 0.444 e. The minimum Gasteiger partial charge on any atom is -0.444 e. The van der Waals surface area contributed by atoms with E-state index in [1.807, 2.05) is 25.7 Å². The molecule has 1 saturated carbocycles. The average molecular weight is 253 g/mol. The van der Waals surface area contributed by atoms with Crippen molar-refractivity contribution in [1.82, 2.24) is 4.90 Å². The molecule has 3 atom stereocenters. The predicted octanol–water partition coefficient (Wildman–Crippen LogP) is 2.61. The Morgan fingerprint density at radius 2 is 1.94 bits per heavy atom. The molecular weight excluding hydrogens is 230 g/mol. The number of carbonyl (C=O) groups is 2. The van der Waals surface area contributed by atoms with Crippen molar-refractivity contribution in [3.8, 4) is 0 Å². The second-order valence-corrected chi connectivity index (χ2v) is 6.50. The Bertz CT molecular complexity index is 359. The third kappa shape index (κ3) is 2.85. The van der Waals surface area contributed by atoms with Crippen LogP contribution in [-0.2, 0) is 9.53 Å². The molecule has 0 unspecified atom stereocenters. The van der Waals surface area contributed by atoms with Gasteiger partial charge in [-0.05, 0) is 52.9 Å². The molecule has 0 N–H and O–H groups in total. The molecule has 1 aliphatic heterocycles. The van der Waals surface area contributed by atoms with Crippen LogP contribution in [0, 0.1) is 11.8 Å². The summed E-state index contributed by atoms with van der Waals surface area (Å²) in [6, 6.07) is 0.216. The maximum Gasteiger partial charge on any atom is 0.410 e. The van der Waals surface area contributed by atoms with Crippen LogP contribution < -0.4 is 0 Å². The molecule has 2 rings (SSSR count). The Kier molecular flexibility index (Phi) is 3.39. The topological polar surface area (TPSA) is 46.6 Å². The van der Waals surface area contributed by atoms with E-state index in [-0.39, 0.29) is 23.8 Å². The van der Waals surface area contributed by atoms with E-state index in [1.165, 1.54) is 0 Å². The summed E-state index contributed by atoms with van der Waals surface area (Å²) in [6.07, 6.45) is 2.75. The first-order chi connectivity index (χ1) is 8.29. The highest BCUT2D eigenvalue weighted by Crippen LogP contribution is 2.46. The summed E-state index contributed by atoms with van der Waals surface area (Å²) >= 11 is 0. The van der Waals surface area contributed by atoms with Gasteiger partial charge in [0.25, 0.3) is 0 Å². The molecule has 0 aromatic heterocycles. The lowest BCUT2D eigenvalue weighted by atomic mass is 10.1. The normalized spacial score (nSPS) is 31.3. The van der Waals surface area contributed by atoms with Crippen molar-refractivity contribution >= 4 is 11.9 Å². The Labute approximate surface area is 109 Å². The first-order valence-corrected chi connectivity index (χ1v) is 6.79. The maximum atomic E-state index is 12.1. The monoisotopic (exact) mass is 253 g/mol. The summed E-state index contributed by atoms with van der Waals surface area (Å²) in [5.74, 6) is 0.812. The molecule has 18 heavy (non-hydrogen) atoms. The highest BCUT2D eigenvalue weighted by Gasteiger charge is 2.50. The molecule has 0 bridgehead atoms. The fourth-order valence-electron chi connectivity index (χ4n) is 2.89. The van der Waals surface area contributed by atoms with Gasteiger partial charge in [-0.1, -0.05) is 0 Å². The molecule has 2 aliphatic rings. The molecule has 0 aromatic rings. The van der Waals surface area contributed by atoms with Gasteiger partial charge in [-0.25, -0.2) is 4.79 Å². The summed E-state index contributed by atoms with van der Waals surface area (Å²) in [5.41, 5.74) is -0.451. The van der Waals surface area contributed by atoms with Crippen molar-refractivity contribution in [1.29, 1.82) is 0 Å². The van der Waals surface area contributed by atoms with E-state index >= 15 is 0 Å². The minimum atomic E-state index is -0.451. The Hall–Kier alpha value is -1.06. The van der Waals surface area contributed by atoms with Gasteiger partial charge >= 0.3 is 6.09 Å². The van der Waals surface area contributed by atoms with Crippen LogP contribution in [0.5, 0.6) is 0 Å². The molecule has 1 saturated heterocycles. The van der Waals surface area contributed by atoms with Gasteiger partial charge in [-0.15, -0.1) is 0 Å². The van der Waals surface area contributed by atoms with E-state index in [2.05, 4.69) is 0 Å². The summed E-state index contributed by atoms with van der Waals surface area (Å²) in [5, 5.41) is 0. The van der Waals surface area contributed by atoms with Crippen LogP contribution in [0.3, 0.4) is 0 Å². The number of likely N-dealkylation sites (tertiary alicyclic amines) is 1. The Morgan fingerprint density at radius 3 is 2.44 bits per heavy atom. The number of ketones is 1. The van der Waals surface area contributed by atoms with Gasteiger partial charge in [0.15, 0.2) is 0 Å². The average Bonchev–Trinajstić information content (AvgIpc) is 2.86. The lowest BCUT2D eigenvalue weighted by Crippen LogP contribution is -2.41. The highest BCUT2D eigenvalue weighted by molar-refractivity contribution is 5.81. The lowest BCUT2D eigenvalue weighted by Gasteiger charge is -2.28. The van der Waals surface area contributed by atoms with E-state index in [0.717, 1.165) is 25.8 Å². The first kappa shape index (κ1) is 13.4. The molecule has 0 aromatic carbocycles. The summed E-state index contributed by atoms with van der Waals surface area (Å²) in [7, 11) is 0. The number of hydrogen-bond acceptors (Lipinski definition) is 3. The van der Waals surface area contributed by atoms with Gasteiger partial charge in [0, 0.05) is 18.5 Å². The van der Waals surface area contributed by atoms with Crippen LogP contribution in [-0.4, -0.2) is 35.0 Å². The SMILES string of the molecule is CC(=O)[C@@H]1C[C@@H]1[C@H]1CCCN1C(=O)OC(C)(C)C. The van der Waals surface area contributed by atoms with Crippen LogP contribution in [0.1, 0.15) is 47.0 Å². The molecule has 1 amide bonds. The van der Waals surface area contributed by atoms with Gasteiger partial charge in [0.2, 0.25) is 0 Å². The minimum absolute atomic E-state index is 0.179. The van der Waals surface area contributed by atoms with Gasteiger partial charge in [0.1, 0.15) is 11.4 Å². The number of amides is 1. The molecular formula is C14H23NO3. The molecule has 2 fully saturated rings. The molecule has 0 spiro atoms. The third-order valence-electron chi connectivity index (χ3n) is 3.78. The summed E-state index contributed by atoms with van der Waals surface area (Å²) in [4.78, 5) is 25.3. The van der Waals surface area contributed by atoms with Crippen molar-refractivity contribution in [2.45, 2.75) is 58.6 Å². The predicted molar refractivity (Wildman–Crippen MR) is 68.2 cm³/mol. The zero-order chi connectivity index (χ0) is 13.5. The van der Waals surface area contributed by atoms with Crippen LogP contribution in [0.25, 0.3) is 0 Å². The molecule has 4 nitrogen and oxygen atoms in total. The van der Waals surface area contributed by atoms with Gasteiger partial charge in [-0.2, -0.15) is 0 Å². The van der Waals surface area contributed by atoms with E-state index in [1.54, 1.807) is 6.92 Å². The van der Waals surface area contributed by atoms with E-state index in [9.17, 15) is 9.59 Å². The van der Waals surface area contributed by atoms with Crippen molar-refractivity contribution in [3.63, 3.8) is 0 Å². The number of rotatable bonds is 2. The second kappa shape index (κ2) is 4.56. The van der Waals surface area contributed by atoms with Crippen molar-refractivity contribution in [2.75, 3.05) is 6.54 Å². The summed E-state index contributed by atoms with van der Waals surface area (Å²) in [6.45, 7) is 8.06. The van der Waals surface area contributed by atoms with E-state index in [4.69, 9.17) is 4.74 Å². The lowest BCUT2D eigenvalue weighted by molar-refractivity contribution is -0.118. The number of ether oxygens (including phenoxy) is 1. The molecule has 1 heterocycles. The number of nitrogens with zero attached hydrogens (tertiary/aromatic N) is 1. The number of carbonyl (C=O) groups excluding carboxylic acids is 2. The molecule has 0 radical (unpaired) electrons. The molecule has 4 heteroatoms. The standard InChI is InChI=1S/C14H23NO3/c1-9(16)10-8-11(10)12-6-5-7-15(12)13(17)18-14(2,3)4/h10-12H,5-8H2,1-4H3/t10-,11-,12+/m0/s1. The first-order valence-electron chi connectivity index (χ1n) is 6.79. The van der Waals surface area contributed by atoms with Crippen molar-refractivity contribution in [2.24, 2.45) is 11.8 Å². The quantitative estimate of drug-likeness (QED) is 0.760. The Balaban J connectivity index is 1.96. The van der Waals surface area contributed by atoms with Crippen LogP contribution in [0.4, 0.5) is 4.79 Å². The summed E-state index contributed by atoms with van der Waals surface area (Å²) < 4.78 is 5.43.